The van der Waals surface area contributed by atoms with Crippen LogP contribution in [0.4, 0.5) is 0 Å². The molecule has 1 aliphatic carbocycles. The summed E-state index contributed by atoms with van der Waals surface area (Å²) in [6.07, 6.45) is 7.43. The van der Waals surface area contributed by atoms with E-state index in [1.165, 1.54) is 11.0 Å². The van der Waals surface area contributed by atoms with Crippen molar-refractivity contribution in [2.45, 2.75) is 11.4 Å². The maximum atomic E-state index is 6.24. The summed E-state index contributed by atoms with van der Waals surface area (Å²) in [5.41, 5.74) is 6.28. The molecular formula is C7H8ClN5. The molecule has 0 saturated carbocycles. The zero-order chi connectivity index (χ0) is 9.31. The van der Waals surface area contributed by atoms with E-state index in [4.69, 9.17) is 17.3 Å². The molecule has 1 heterocycles. The normalized spacial score (nSPS) is 27.3. The van der Waals surface area contributed by atoms with E-state index in [0.717, 1.165) is 0 Å². The zero-order valence-electron chi connectivity index (χ0n) is 6.76. The van der Waals surface area contributed by atoms with Crippen LogP contribution >= 0.6 is 11.6 Å². The minimum atomic E-state index is -0.702. The molecule has 0 aliphatic heterocycles. The lowest BCUT2D eigenvalue weighted by atomic mass is 10.1. The molecule has 0 bridgehead atoms. The molecule has 68 valence electrons. The second-order valence-electron chi connectivity index (χ2n) is 2.81. The van der Waals surface area contributed by atoms with E-state index in [-0.39, 0.29) is 0 Å². The van der Waals surface area contributed by atoms with Gasteiger partial charge in [0.05, 0.1) is 0 Å². The fourth-order valence-corrected chi connectivity index (χ4v) is 1.34. The van der Waals surface area contributed by atoms with E-state index in [9.17, 15) is 0 Å². The van der Waals surface area contributed by atoms with Gasteiger partial charge < -0.3 is 5.73 Å². The molecule has 2 N–H and O–H groups in total. The highest BCUT2D eigenvalue weighted by molar-refractivity contribution is 6.23. The summed E-state index contributed by atoms with van der Waals surface area (Å²) >= 11 is 6.24. The first kappa shape index (κ1) is 8.25. The standard InChI is InChI=1S/C7H8ClN5/c8-7(13-5-10-11-12-13)3-1-6(9)2-4-7/h1-3,5H,4,9H2. The Morgan fingerprint density at radius 3 is 3.00 bits per heavy atom. The summed E-state index contributed by atoms with van der Waals surface area (Å²) in [6, 6.07) is 0. The van der Waals surface area contributed by atoms with Gasteiger partial charge in [0.2, 0.25) is 0 Å². The number of alkyl halides is 1. The van der Waals surface area contributed by atoms with Gasteiger partial charge in [0.15, 0.2) is 5.00 Å². The Bertz CT molecular complexity index is 355. The van der Waals surface area contributed by atoms with Crippen LogP contribution in [0, 0.1) is 0 Å². The molecule has 0 radical (unpaired) electrons. The van der Waals surface area contributed by atoms with E-state index in [2.05, 4.69) is 15.5 Å². The lowest BCUT2D eigenvalue weighted by Gasteiger charge is -2.23. The van der Waals surface area contributed by atoms with E-state index < -0.39 is 5.00 Å². The molecule has 0 spiro atoms. The minimum absolute atomic E-state index is 0.585. The second kappa shape index (κ2) is 2.85. The number of allylic oxidation sites excluding steroid dienone is 3. The minimum Gasteiger partial charge on any atom is -0.399 e. The Morgan fingerprint density at radius 2 is 2.46 bits per heavy atom. The molecule has 0 aromatic carbocycles. The van der Waals surface area contributed by atoms with E-state index in [1.54, 1.807) is 12.2 Å². The van der Waals surface area contributed by atoms with Crippen LogP contribution in [0.3, 0.4) is 0 Å². The van der Waals surface area contributed by atoms with Crippen molar-refractivity contribution in [3.63, 3.8) is 0 Å². The fraction of sp³-hybridized carbons (Fsp3) is 0.286. The summed E-state index contributed by atoms with van der Waals surface area (Å²) < 4.78 is 1.49. The van der Waals surface area contributed by atoms with Crippen LogP contribution in [0.25, 0.3) is 0 Å². The number of halogens is 1. The molecule has 1 aliphatic rings. The van der Waals surface area contributed by atoms with Gasteiger partial charge >= 0.3 is 0 Å². The van der Waals surface area contributed by atoms with Crippen molar-refractivity contribution in [2.75, 3.05) is 0 Å². The van der Waals surface area contributed by atoms with Crippen LogP contribution in [-0.4, -0.2) is 20.2 Å². The molecule has 6 heteroatoms. The lowest BCUT2D eigenvalue weighted by Crippen LogP contribution is -2.27. The molecule has 1 aromatic heterocycles. The third-order valence-electron chi connectivity index (χ3n) is 1.89. The Hall–Kier alpha value is -1.36. The molecule has 5 nitrogen and oxygen atoms in total. The topological polar surface area (TPSA) is 69.6 Å². The Labute approximate surface area is 79.9 Å². The van der Waals surface area contributed by atoms with Crippen molar-refractivity contribution < 1.29 is 0 Å². The summed E-state index contributed by atoms with van der Waals surface area (Å²) in [5.74, 6) is 0. The summed E-state index contributed by atoms with van der Waals surface area (Å²) in [7, 11) is 0. The van der Waals surface area contributed by atoms with Crippen molar-refractivity contribution in [1.29, 1.82) is 0 Å². The largest absolute Gasteiger partial charge is 0.399 e. The number of rotatable bonds is 1. The highest BCUT2D eigenvalue weighted by Gasteiger charge is 2.28. The molecule has 1 aromatic rings. The summed E-state index contributed by atoms with van der Waals surface area (Å²) in [6.45, 7) is 0. The first-order chi connectivity index (χ1) is 6.21. The van der Waals surface area contributed by atoms with Crippen LogP contribution in [-0.2, 0) is 5.00 Å². The van der Waals surface area contributed by atoms with Gasteiger partial charge in [0, 0.05) is 12.1 Å². The third-order valence-corrected chi connectivity index (χ3v) is 2.34. The third kappa shape index (κ3) is 1.42. The van der Waals surface area contributed by atoms with Crippen LogP contribution in [0.2, 0.25) is 0 Å². The van der Waals surface area contributed by atoms with Crippen molar-refractivity contribution in [3.05, 3.63) is 30.3 Å². The Kier molecular flexibility index (Phi) is 1.81. The Balaban J connectivity index is 2.30. The monoisotopic (exact) mass is 197 g/mol. The first-order valence-electron chi connectivity index (χ1n) is 3.78. The summed E-state index contributed by atoms with van der Waals surface area (Å²) in [5, 5.41) is 10.8. The molecular weight excluding hydrogens is 190 g/mol. The second-order valence-corrected chi connectivity index (χ2v) is 3.47. The molecule has 1 unspecified atom stereocenters. The number of nitrogens with zero attached hydrogens (tertiary/aromatic N) is 4. The van der Waals surface area contributed by atoms with Crippen molar-refractivity contribution in [1.82, 2.24) is 20.2 Å². The van der Waals surface area contributed by atoms with Gasteiger partial charge in [-0.2, -0.15) is 0 Å². The predicted octanol–water partition coefficient (Wildman–Crippen LogP) is 0.367. The van der Waals surface area contributed by atoms with Gasteiger partial charge in [-0.25, -0.2) is 4.68 Å². The highest BCUT2D eigenvalue weighted by Crippen LogP contribution is 2.30. The number of hydrogen-bond donors (Lipinski definition) is 1. The van der Waals surface area contributed by atoms with Gasteiger partial charge in [-0.15, -0.1) is 5.10 Å². The maximum Gasteiger partial charge on any atom is 0.161 e. The van der Waals surface area contributed by atoms with Gasteiger partial charge in [-0.1, -0.05) is 17.7 Å². The molecule has 0 amide bonds. The summed E-state index contributed by atoms with van der Waals surface area (Å²) in [4.78, 5) is -0.702. The van der Waals surface area contributed by atoms with Crippen molar-refractivity contribution >= 4 is 11.6 Å². The van der Waals surface area contributed by atoms with Gasteiger partial charge in [-0.3, -0.25) is 0 Å². The average molecular weight is 198 g/mol. The zero-order valence-corrected chi connectivity index (χ0v) is 7.52. The predicted molar refractivity (Wildman–Crippen MR) is 47.7 cm³/mol. The number of nitrogens with two attached hydrogens (primary N) is 1. The first-order valence-corrected chi connectivity index (χ1v) is 4.16. The SMILES string of the molecule is NC1=CCC(Cl)(n2cnnn2)C=C1. The highest BCUT2D eigenvalue weighted by atomic mass is 35.5. The van der Waals surface area contributed by atoms with Crippen molar-refractivity contribution in [3.8, 4) is 0 Å². The van der Waals surface area contributed by atoms with Crippen LogP contribution in [0.1, 0.15) is 6.42 Å². The number of hydrogen-bond acceptors (Lipinski definition) is 4. The number of aromatic nitrogens is 4. The molecule has 13 heavy (non-hydrogen) atoms. The van der Waals surface area contributed by atoms with Crippen LogP contribution in [0.15, 0.2) is 30.3 Å². The van der Waals surface area contributed by atoms with E-state index in [0.29, 0.717) is 12.1 Å². The molecule has 2 rings (SSSR count). The van der Waals surface area contributed by atoms with Crippen molar-refractivity contribution in [2.24, 2.45) is 5.73 Å². The van der Waals surface area contributed by atoms with Gasteiger partial charge in [0.25, 0.3) is 0 Å². The van der Waals surface area contributed by atoms with Gasteiger partial charge in [-0.05, 0) is 22.6 Å². The fourth-order valence-electron chi connectivity index (χ4n) is 1.12. The maximum absolute atomic E-state index is 6.24. The molecule has 1 atom stereocenters. The van der Waals surface area contributed by atoms with Gasteiger partial charge in [0.1, 0.15) is 6.33 Å². The smallest absolute Gasteiger partial charge is 0.161 e. The van der Waals surface area contributed by atoms with Crippen LogP contribution < -0.4 is 5.73 Å². The van der Waals surface area contributed by atoms with E-state index >= 15 is 0 Å². The lowest BCUT2D eigenvalue weighted by molar-refractivity contribution is 0.461. The molecule has 0 fully saturated rings. The average Bonchev–Trinajstić information content (AvgIpc) is 2.63. The quantitative estimate of drug-likeness (QED) is 0.661. The number of tetrazole rings is 1. The Morgan fingerprint density at radius 1 is 1.62 bits per heavy atom. The molecule has 0 saturated heterocycles. The van der Waals surface area contributed by atoms with E-state index in [1.807, 2.05) is 6.08 Å². The van der Waals surface area contributed by atoms with Crippen LogP contribution in [0.5, 0.6) is 0 Å².